The first-order valence-corrected chi connectivity index (χ1v) is 8.14. The van der Waals surface area contributed by atoms with E-state index in [4.69, 9.17) is 4.52 Å². The van der Waals surface area contributed by atoms with Crippen LogP contribution in [0.3, 0.4) is 0 Å². The molecule has 1 aromatic heterocycles. The summed E-state index contributed by atoms with van der Waals surface area (Å²) in [5.74, 6) is -0.161. The van der Waals surface area contributed by atoms with Crippen LogP contribution in [0.2, 0.25) is 0 Å². The molecule has 1 aliphatic carbocycles. The van der Waals surface area contributed by atoms with E-state index in [1.54, 1.807) is 6.07 Å². The van der Waals surface area contributed by atoms with Crippen LogP contribution in [0.1, 0.15) is 57.7 Å². The van der Waals surface area contributed by atoms with Gasteiger partial charge < -0.3 is 9.63 Å². The fourth-order valence-corrected chi connectivity index (χ4v) is 3.33. The average Bonchev–Trinajstić information content (AvgIpc) is 3.16. The van der Waals surface area contributed by atoms with E-state index < -0.39 is 11.4 Å². The van der Waals surface area contributed by atoms with Crippen LogP contribution < -0.4 is 0 Å². The Hall–Kier alpha value is -2.10. The lowest BCUT2D eigenvalue weighted by atomic mass is 9.82. The Morgan fingerprint density at radius 1 is 1.17 bits per heavy atom. The minimum Gasteiger partial charge on any atom is -0.481 e. The Balaban J connectivity index is 1.91. The zero-order chi connectivity index (χ0) is 16.7. The Labute approximate surface area is 136 Å². The average molecular weight is 313 g/mol. The number of carboxylic acid groups (broad SMARTS) is 1. The maximum Gasteiger partial charge on any atom is 0.315 e. The highest BCUT2D eigenvalue weighted by molar-refractivity contribution is 5.81. The number of carbonyl (C=O) groups is 1. The van der Waals surface area contributed by atoms with E-state index >= 15 is 0 Å². The maximum absolute atomic E-state index is 11.7. The molecule has 0 atom stereocenters. The first-order chi connectivity index (χ1) is 10.8. The molecule has 0 saturated heterocycles. The number of hydrogen-bond donors (Lipinski definition) is 1. The fourth-order valence-electron chi connectivity index (χ4n) is 3.33. The summed E-state index contributed by atoms with van der Waals surface area (Å²) in [6, 6.07) is 9.98. The molecule has 3 rings (SSSR count). The van der Waals surface area contributed by atoms with E-state index in [2.05, 4.69) is 38.1 Å². The number of aliphatic carboxylic acids is 1. The molecule has 1 aliphatic rings. The van der Waals surface area contributed by atoms with Crippen LogP contribution in [0.15, 0.2) is 34.9 Å². The zero-order valence-corrected chi connectivity index (χ0v) is 13.9. The molecule has 0 spiro atoms. The Morgan fingerprint density at radius 2 is 1.78 bits per heavy atom. The molecule has 0 radical (unpaired) electrons. The van der Waals surface area contributed by atoms with Gasteiger partial charge in [-0.15, -0.1) is 0 Å². The highest BCUT2D eigenvalue weighted by Crippen LogP contribution is 2.42. The molecule has 122 valence electrons. The van der Waals surface area contributed by atoms with Crippen LogP contribution in [0.25, 0.3) is 11.3 Å². The molecule has 0 bridgehead atoms. The quantitative estimate of drug-likeness (QED) is 0.904. The highest BCUT2D eigenvalue weighted by Gasteiger charge is 2.45. The number of rotatable bonds is 3. The Bertz CT molecular complexity index is 701. The minimum absolute atomic E-state index is 0.0995. The number of carboxylic acids is 1. The lowest BCUT2D eigenvalue weighted by molar-refractivity contribution is -0.143. The van der Waals surface area contributed by atoms with Crippen LogP contribution in [0.4, 0.5) is 0 Å². The predicted octanol–water partition coefficient (Wildman–Crippen LogP) is 4.54. The molecule has 1 aromatic carbocycles. The third-order valence-corrected chi connectivity index (χ3v) is 4.90. The van der Waals surface area contributed by atoms with Crippen LogP contribution >= 0.6 is 0 Å². The molecule has 0 aliphatic heterocycles. The van der Waals surface area contributed by atoms with Gasteiger partial charge in [0.1, 0.15) is 11.1 Å². The molecule has 0 unspecified atom stereocenters. The first-order valence-electron chi connectivity index (χ1n) is 8.14. The number of nitrogens with zero attached hydrogens (tertiary/aromatic N) is 1. The third-order valence-electron chi connectivity index (χ3n) is 4.90. The van der Waals surface area contributed by atoms with Gasteiger partial charge in [0.2, 0.25) is 0 Å². The standard InChI is InChI=1S/C19H23NO3/c1-18(2,3)14-8-6-13(7-9-14)15-12-16(20-23-15)19(17(21)22)10-4-5-11-19/h6-9,12H,4-5,10-11H2,1-3H3,(H,21,22). The van der Waals surface area contributed by atoms with Gasteiger partial charge >= 0.3 is 5.97 Å². The highest BCUT2D eigenvalue weighted by atomic mass is 16.5. The molecule has 2 aromatic rings. The summed E-state index contributed by atoms with van der Waals surface area (Å²) in [7, 11) is 0. The van der Waals surface area contributed by atoms with Crippen molar-refractivity contribution in [2.45, 2.75) is 57.3 Å². The van der Waals surface area contributed by atoms with Crippen LogP contribution in [-0.2, 0) is 15.6 Å². The van der Waals surface area contributed by atoms with Crippen molar-refractivity contribution >= 4 is 5.97 Å². The van der Waals surface area contributed by atoms with Crippen molar-refractivity contribution < 1.29 is 14.4 Å². The first kappa shape index (κ1) is 15.8. The molecule has 4 heteroatoms. The van der Waals surface area contributed by atoms with Gasteiger partial charge in [0.25, 0.3) is 0 Å². The van der Waals surface area contributed by atoms with E-state index in [1.165, 1.54) is 5.56 Å². The molecular weight excluding hydrogens is 290 g/mol. The van der Waals surface area contributed by atoms with Gasteiger partial charge in [-0.2, -0.15) is 0 Å². The second-order valence-electron chi connectivity index (χ2n) is 7.50. The van der Waals surface area contributed by atoms with E-state index in [-0.39, 0.29) is 5.41 Å². The Morgan fingerprint density at radius 3 is 2.30 bits per heavy atom. The fraction of sp³-hybridized carbons (Fsp3) is 0.474. The SMILES string of the molecule is CC(C)(C)c1ccc(-c2cc(C3(C(=O)O)CCCC3)no2)cc1. The molecule has 1 N–H and O–H groups in total. The second-order valence-corrected chi connectivity index (χ2v) is 7.50. The lowest BCUT2D eigenvalue weighted by Gasteiger charge is -2.20. The summed E-state index contributed by atoms with van der Waals surface area (Å²) in [5, 5.41) is 13.7. The van der Waals surface area contributed by atoms with Crippen molar-refractivity contribution in [2.75, 3.05) is 0 Å². The lowest BCUT2D eigenvalue weighted by Crippen LogP contribution is -2.32. The number of hydrogen-bond acceptors (Lipinski definition) is 3. The van der Waals surface area contributed by atoms with Crippen molar-refractivity contribution in [1.29, 1.82) is 0 Å². The van der Waals surface area contributed by atoms with Gasteiger partial charge in [-0.3, -0.25) is 4.79 Å². The van der Waals surface area contributed by atoms with Crippen LogP contribution in [0.5, 0.6) is 0 Å². The largest absolute Gasteiger partial charge is 0.481 e. The van der Waals surface area contributed by atoms with Gasteiger partial charge in [-0.25, -0.2) is 0 Å². The smallest absolute Gasteiger partial charge is 0.315 e. The van der Waals surface area contributed by atoms with Gasteiger partial charge in [0.15, 0.2) is 5.76 Å². The van der Waals surface area contributed by atoms with Gasteiger partial charge in [0.05, 0.1) is 0 Å². The molecule has 4 nitrogen and oxygen atoms in total. The molecule has 0 amide bonds. The van der Waals surface area contributed by atoms with E-state index in [0.717, 1.165) is 18.4 Å². The monoisotopic (exact) mass is 313 g/mol. The van der Waals surface area contributed by atoms with Crippen molar-refractivity contribution in [3.05, 3.63) is 41.6 Å². The molecule has 1 heterocycles. The summed E-state index contributed by atoms with van der Waals surface area (Å²) < 4.78 is 5.45. The molecular formula is C19H23NO3. The van der Waals surface area contributed by atoms with Crippen LogP contribution in [0, 0.1) is 0 Å². The van der Waals surface area contributed by atoms with Gasteiger partial charge in [-0.1, -0.05) is 63.0 Å². The van der Waals surface area contributed by atoms with Crippen molar-refractivity contribution in [2.24, 2.45) is 0 Å². The maximum atomic E-state index is 11.7. The van der Waals surface area contributed by atoms with Crippen molar-refractivity contribution in [3.63, 3.8) is 0 Å². The molecule has 1 saturated carbocycles. The predicted molar refractivity (Wildman–Crippen MR) is 88.4 cm³/mol. The number of benzene rings is 1. The zero-order valence-electron chi connectivity index (χ0n) is 13.9. The van der Waals surface area contributed by atoms with E-state index in [1.807, 2.05) is 12.1 Å². The van der Waals surface area contributed by atoms with Crippen LogP contribution in [-0.4, -0.2) is 16.2 Å². The summed E-state index contributed by atoms with van der Waals surface area (Å²) in [6.45, 7) is 6.52. The van der Waals surface area contributed by atoms with Crippen molar-refractivity contribution in [3.8, 4) is 11.3 Å². The van der Waals surface area contributed by atoms with Crippen molar-refractivity contribution in [1.82, 2.24) is 5.16 Å². The number of aromatic nitrogens is 1. The van der Waals surface area contributed by atoms with Gasteiger partial charge in [-0.05, 0) is 23.8 Å². The Kier molecular flexibility index (Phi) is 3.78. The topological polar surface area (TPSA) is 63.3 Å². The molecule has 23 heavy (non-hydrogen) atoms. The second kappa shape index (κ2) is 5.52. The summed E-state index contributed by atoms with van der Waals surface area (Å²) in [6.07, 6.45) is 3.12. The third kappa shape index (κ3) is 2.78. The summed E-state index contributed by atoms with van der Waals surface area (Å²) in [4.78, 5) is 11.7. The van der Waals surface area contributed by atoms with E-state index in [0.29, 0.717) is 24.3 Å². The van der Waals surface area contributed by atoms with E-state index in [9.17, 15) is 9.90 Å². The van der Waals surface area contributed by atoms with Gasteiger partial charge in [0, 0.05) is 11.6 Å². The summed E-state index contributed by atoms with van der Waals surface area (Å²) in [5.41, 5.74) is 1.96. The normalized spacial score (nSPS) is 17.3. The molecule has 1 fully saturated rings. The summed E-state index contributed by atoms with van der Waals surface area (Å²) >= 11 is 0. The minimum atomic E-state index is -0.868.